The van der Waals surface area contributed by atoms with Crippen molar-refractivity contribution in [2.75, 3.05) is 6.54 Å². The zero-order valence-corrected chi connectivity index (χ0v) is 4.07. The molecule has 0 unspecified atom stereocenters. The maximum Gasteiger partial charge on any atom is 0.0413 e. The van der Waals surface area contributed by atoms with Gasteiger partial charge in [-0.05, 0) is 5.57 Å². The first-order valence-corrected chi connectivity index (χ1v) is 2.23. The van der Waals surface area contributed by atoms with Crippen LogP contribution in [0.5, 0.6) is 0 Å². The number of hydrogen-bond acceptors (Lipinski definition) is 2. The van der Waals surface area contributed by atoms with Gasteiger partial charge in [-0.1, -0.05) is 12.7 Å². The molecule has 1 aliphatic heterocycles. The van der Waals surface area contributed by atoms with E-state index in [1.165, 1.54) is 5.57 Å². The summed E-state index contributed by atoms with van der Waals surface area (Å²) in [6, 6.07) is 0. The second-order valence-electron chi connectivity index (χ2n) is 1.42. The standard InChI is InChI=1S/C5H8N2/c1-2-5-3-6-7-4-5/h2-3,6-7H,1,4H2. The summed E-state index contributed by atoms with van der Waals surface area (Å²) < 4.78 is 0. The van der Waals surface area contributed by atoms with Crippen molar-refractivity contribution >= 4 is 0 Å². The van der Waals surface area contributed by atoms with E-state index in [-0.39, 0.29) is 0 Å². The number of nitrogens with one attached hydrogen (secondary N) is 2. The summed E-state index contributed by atoms with van der Waals surface area (Å²) in [6.45, 7) is 4.49. The second-order valence-corrected chi connectivity index (χ2v) is 1.42. The van der Waals surface area contributed by atoms with E-state index in [0.717, 1.165) is 6.54 Å². The van der Waals surface area contributed by atoms with Gasteiger partial charge in [0.05, 0.1) is 0 Å². The van der Waals surface area contributed by atoms with Crippen LogP contribution >= 0.6 is 0 Å². The molecule has 0 aliphatic carbocycles. The lowest BCUT2D eigenvalue weighted by atomic mass is 10.3. The molecule has 0 aromatic rings. The van der Waals surface area contributed by atoms with Gasteiger partial charge < -0.3 is 5.43 Å². The molecule has 0 atom stereocenters. The molecule has 1 rings (SSSR count). The normalized spacial score (nSPS) is 18.0. The van der Waals surface area contributed by atoms with Gasteiger partial charge in [-0.2, -0.15) is 0 Å². The Kier molecular flexibility index (Phi) is 1.13. The fraction of sp³-hybridized carbons (Fsp3) is 0.200. The van der Waals surface area contributed by atoms with Gasteiger partial charge in [0.25, 0.3) is 0 Å². The minimum atomic E-state index is 0.892. The highest BCUT2D eigenvalue weighted by Gasteiger charge is 1.94. The average molecular weight is 96.1 g/mol. The Morgan fingerprint density at radius 3 is 3.00 bits per heavy atom. The van der Waals surface area contributed by atoms with E-state index < -0.39 is 0 Å². The van der Waals surface area contributed by atoms with Crippen molar-refractivity contribution in [3.05, 3.63) is 24.4 Å². The number of rotatable bonds is 1. The molecule has 1 heterocycles. The second kappa shape index (κ2) is 1.80. The molecule has 2 heteroatoms. The Morgan fingerprint density at radius 1 is 1.86 bits per heavy atom. The third-order valence-electron chi connectivity index (χ3n) is 0.914. The van der Waals surface area contributed by atoms with E-state index in [4.69, 9.17) is 0 Å². The maximum absolute atomic E-state index is 3.59. The largest absolute Gasteiger partial charge is 0.328 e. The molecule has 0 saturated carbocycles. The van der Waals surface area contributed by atoms with E-state index in [1.807, 2.05) is 12.3 Å². The van der Waals surface area contributed by atoms with Gasteiger partial charge >= 0.3 is 0 Å². The Balaban J connectivity index is 2.51. The topological polar surface area (TPSA) is 24.1 Å². The predicted octanol–water partition coefficient (Wildman–Crippen LogP) is 0.164. The minimum Gasteiger partial charge on any atom is -0.328 e. The van der Waals surface area contributed by atoms with Crippen LogP contribution in [0.15, 0.2) is 24.4 Å². The summed E-state index contributed by atoms with van der Waals surface area (Å²) >= 11 is 0. The number of hydrogen-bond donors (Lipinski definition) is 2. The minimum absolute atomic E-state index is 0.892. The van der Waals surface area contributed by atoms with Crippen LogP contribution in [0.25, 0.3) is 0 Å². The molecular formula is C5H8N2. The third kappa shape index (κ3) is 0.810. The lowest BCUT2D eigenvalue weighted by Crippen LogP contribution is -2.20. The van der Waals surface area contributed by atoms with Gasteiger partial charge in [0, 0.05) is 12.7 Å². The summed E-state index contributed by atoms with van der Waals surface area (Å²) in [7, 11) is 0. The van der Waals surface area contributed by atoms with Gasteiger partial charge in [-0.25, -0.2) is 5.43 Å². The monoisotopic (exact) mass is 96.1 g/mol. The Labute approximate surface area is 42.9 Å². The highest BCUT2D eigenvalue weighted by atomic mass is 15.4. The summed E-state index contributed by atoms with van der Waals surface area (Å²) in [6.07, 6.45) is 3.72. The predicted molar refractivity (Wildman–Crippen MR) is 29.4 cm³/mol. The third-order valence-corrected chi connectivity index (χ3v) is 0.914. The quantitative estimate of drug-likeness (QED) is 0.486. The molecule has 0 aromatic heterocycles. The molecule has 0 fully saturated rings. The first-order valence-electron chi connectivity index (χ1n) is 2.23. The Hall–Kier alpha value is -0.760. The molecule has 2 nitrogen and oxygen atoms in total. The molecule has 0 amide bonds. The van der Waals surface area contributed by atoms with E-state index in [0.29, 0.717) is 0 Å². The average Bonchev–Trinajstić information content (AvgIpc) is 2.14. The van der Waals surface area contributed by atoms with Crippen LogP contribution in [-0.4, -0.2) is 6.54 Å². The van der Waals surface area contributed by atoms with Crippen molar-refractivity contribution in [1.29, 1.82) is 0 Å². The molecule has 2 N–H and O–H groups in total. The molecule has 38 valence electrons. The lowest BCUT2D eigenvalue weighted by molar-refractivity contribution is 0.724. The van der Waals surface area contributed by atoms with Gasteiger partial charge in [0.2, 0.25) is 0 Å². The summed E-state index contributed by atoms with van der Waals surface area (Å²) in [4.78, 5) is 0. The van der Waals surface area contributed by atoms with Crippen LogP contribution in [0.2, 0.25) is 0 Å². The maximum atomic E-state index is 3.59. The van der Waals surface area contributed by atoms with Crippen LogP contribution in [0, 0.1) is 0 Å². The van der Waals surface area contributed by atoms with Crippen LogP contribution in [0.4, 0.5) is 0 Å². The summed E-state index contributed by atoms with van der Waals surface area (Å²) in [5.74, 6) is 0. The first-order chi connectivity index (χ1) is 3.43. The number of hydrazine groups is 1. The van der Waals surface area contributed by atoms with Crippen molar-refractivity contribution in [1.82, 2.24) is 10.9 Å². The molecule has 7 heavy (non-hydrogen) atoms. The van der Waals surface area contributed by atoms with E-state index in [9.17, 15) is 0 Å². The van der Waals surface area contributed by atoms with Crippen molar-refractivity contribution in [2.24, 2.45) is 0 Å². The van der Waals surface area contributed by atoms with Crippen molar-refractivity contribution in [2.45, 2.75) is 0 Å². The SMILES string of the molecule is C=CC1=CNNC1. The fourth-order valence-corrected chi connectivity index (χ4v) is 0.479. The summed E-state index contributed by atoms with van der Waals surface area (Å²) in [5.41, 5.74) is 6.96. The van der Waals surface area contributed by atoms with Gasteiger partial charge in [-0.15, -0.1) is 0 Å². The zero-order chi connectivity index (χ0) is 5.11. The van der Waals surface area contributed by atoms with Crippen LogP contribution in [0.1, 0.15) is 0 Å². The molecular weight excluding hydrogens is 88.1 g/mol. The molecule has 0 bridgehead atoms. The molecule has 0 radical (unpaired) electrons. The molecule has 0 aromatic carbocycles. The van der Waals surface area contributed by atoms with Crippen molar-refractivity contribution < 1.29 is 0 Å². The van der Waals surface area contributed by atoms with Crippen molar-refractivity contribution in [3.8, 4) is 0 Å². The van der Waals surface area contributed by atoms with E-state index >= 15 is 0 Å². The lowest BCUT2D eigenvalue weighted by Gasteiger charge is -1.86. The Morgan fingerprint density at radius 2 is 2.71 bits per heavy atom. The highest BCUT2D eigenvalue weighted by molar-refractivity contribution is 5.19. The van der Waals surface area contributed by atoms with Gasteiger partial charge in [0.1, 0.15) is 0 Å². The first kappa shape index (κ1) is 4.40. The fourth-order valence-electron chi connectivity index (χ4n) is 0.479. The highest BCUT2D eigenvalue weighted by Crippen LogP contribution is 1.93. The van der Waals surface area contributed by atoms with Crippen LogP contribution in [0.3, 0.4) is 0 Å². The summed E-state index contributed by atoms with van der Waals surface area (Å²) in [5, 5.41) is 0. The molecule has 1 aliphatic rings. The Bertz CT molecular complexity index is 105. The molecule has 0 spiro atoms. The van der Waals surface area contributed by atoms with Crippen LogP contribution < -0.4 is 10.9 Å². The van der Waals surface area contributed by atoms with E-state index in [2.05, 4.69) is 17.4 Å². The van der Waals surface area contributed by atoms with E-state index in [1.54, 1.807) is 0 Å². The van der Waals surface area contributed by atoms with Crippen molar-refractivity contribution in [3.63, 3.8) is 0 Å². The van der Waals surface area contributed by atoms with Crippen LogP contribution in [-0.2, 0) is 0 Å². The smallest absolute Gasteiger partial charge is 0.0413 e. The zero-order valence-electron chi connectivity index (χ0n) is 4.07. The van der Waals surface area contributed by atoms with Gasteiger partial charge in [-0.3, -0.25) is 0 Å². The molecule has 0 saturated heterocycles. The van der Waals surface area contributed by atoms with Gasteiger partial charge in [0.15, 0.2) is 0 Å².